The normalized spacial score (nSPS) is 21.5. The Kier molecular flexibility index (Phi) is 4.96. The minimum absolute atomic E-state index is 0.450. The molecule has 148 valence electrons. The number of nitrogens with zero attached hydrogens (tertiary/aromatic N) is 7. The van der Waals surface area contributed by atoms with Crippen molar-refractivity contribution in [1.29, 1.82) is 0 Å². The minimum atomic E-state index is 0.450. The third-order valence-corrected chi connectivity index (χ3v) is 6.58. The fourth-order valence-electron chi connectivity index (χ4n) is 4.18. The van der Waals surface area contributed by atoms with Gasteiger partial charge in [-0.15, -0.1) is 11.3 Å². The van der Waals surface area contributed by atoms with Crippen molar-refractivity contribution in [3.05, 3.63) is 34.9 Å². The molecular weight excluding hydrogens is 374 g/mol. The van der Waals surface area contributed by atoms with Gasteiger partial charge in [0.15, 0.2) is 5.13 Å². The smallest absolute Gasteiger partial charge is 0.252 e. The number of ether oxygens (including phenoxy) is 1. The molecule has 9 heteroatoms. The molecule has 1 atom stereocenters. The van der Waals surface area contributed by atoms with Crippen LogP contribution >= 0.6 is 11.3 Å². The first-order valence-electron chi connectivity index (χ1n) is 9.93. The lowest BCUT2D eigenvalue weighted by molar-refractivity contribution is 0.122. The van der Waals surface area contributed by atoms with Crippen molar-refractivity contribution in [3.8, 4) is 0 Å². The average molecular weight is 400 g/mol. The van der Waals surface area contributed by atoms with E-state index in [9.17, 15) is 0 Å². The number of likely N-dealkylation sites (tertiary alicyclic amines) is 1. The summed E-state index contributed by atoms with van der Waals surface area (Å²) in [5.41, 5.74) is 2.23. The number of aromatic nitrogens is 5. The van der Waals surface area contributed by atoms with Crippen LogP contribution in [0, 0.1) is 6.92 Å². The van der Waals surface area contributed by atoms with Gasteiger partial charge in [0.05, 0.1) is 18.9 Å². The highest BCUT2D eigenvalue weighted by molar-refractivity contribution is 7.15. The van der Waals surface area contributed by atoms with Crippen LogP contribution in [-0.4, -0.2) is 68.9 Å². The monoisotopic (exact) mass is 399 g/mol. The number of hydrogen-bond donors (Lipinski definition) is 0. The van der Waals surface area contributed by atoms with E-state index in [1.165, 1.54) is 23.4 Å². The summed E-state index contributed by atoms with van der Waals surface area (Å²) in [4.78, 5) is 19.6. The summed E-state index contributed by atoms with van der Waals surface area (Å²) in [6.07, 6.45) is 6.01. The number of piperidine rings is 1. The van der Waals surface area contributed by atoms with E-state index in [1.54, 1.807) is 6.33 Å². The highest BCUT2D eigenvalue weighted by atomic mass is 32.1. The van der Waals surface area contributed by atoms with E-state index in [0.29, 0.717) is 11.7 Å². The van der Waals surface area contributed by atoms with Crippen LogP contribution in [0.1, 0.15) is 35.0 Å². The molecule has 2 aliphatic rings. The van der Waals surface area contributed by atoms with E-state index < -0.39 is 0 Å². The molecule has 2 saturated heterocycles. The van der Waals surface area contributed by atoms with Crippen LogP contribution < -0.4 is 4.90 Å². The molecule has 0 radical (unpaired) electrons. The molecular formula is C19H25N7OS. The molecule has 5 rings (SSSR count). The highest BCUT2D eigenvalue weighted by Crippen LogP contribution is 2.30. The van der Waals surface area contributed by atoms with Crippen molar-refractivity contribution in [2.75, 3.05) is 44.3 Å². The van der Waals surface area contributed by atoms with Crippen LogP contribution in [-0.2, 0) is 11.3 Å². The molecule has 3 aromatic heterocycles. The van der Waals surface area contributed by atoms with Gasteiger partial charge in [0.1, 0.15) is 6.33 Å². The van der Waals surface area contributed by atoms with Crippen molar-refractivity contribution < 1.29 is 4.74 Å². The summed E-state index contributed by atoms with van der Waals surface area (Å²) in [7, 11) is 0. The summed E-state index contributed by atoms with van der Waals surface area (Å²) in [6, 6.07) is 2.17. The van der Waals surface area contributed by atoms with Crippen molar-refractivity contribution in [1.82, 2.24) is 29.5 Å². The Hall–Kier alpha value is -2.10. The van der Waals surface area contributed by atoms with Gasteiger partial charge >= 0.3 is 0 Å². The maximum absolute atomic E-state index is 5.45. The second-order valence-corrected chi connectivity index (χ2v) is 8.67. The van der Waals surface area contributed by atoms with Gasteiger partial charge in [-0.1, -0.05) is 0 Å². The van der Waals surface area contributed by atoms with Crippen molar-refractivity contribution in [2.24, 2.45) is 0 Å². The molecule has 0 spiro atoms. The van der Waals surface area contributed by atoms with Gasteiger partial charge in [0, 0.05) is 48.9 Å². The number of hydrogen-bond acceptors (Lipinski definition) is 8. The molecule has 0 bridgehead atoms. The predicted octanol–water partition coefficient (Wildman–Crippen LogP) is 2.11. The van der Waals surface area contributed by atoms with E-state index in [0.717, 1.165) is 56.8 Å². The SMILES string of the molecule is Cc1cc(C2CCCN(Cc3cnc(N4CCOCC4)s3)C2)n2ncnc2n1. The first-order chi connectivity index (χ1) is 13.8. The van der Waals surface area contributed by atoms with Gasteiger partial charge in [0.2, 0.25) is 0 Å². The van der Waals surface area contributed by atoms with Gasteiger partial charge in [-0.05, 0) is 32.4 Å². The molecule has 2 fully saturated rings. The number of thiazole rings is 1. The number of aryl methyl sites for hydroxylation is 1. The van der Waals surface area contributed by atoms with E-state index in [1.807, 2.05) is 29.0 Å². The zero-order valence-electron chi connectivity index (χ0n) is 16.1. The summed E-state index contributed by atoms with van der Waals surface area (Å²) in [6.45, 7) is 8.62. The van der Waals surface area contributed by atoms with E-state index >= 15 is 0 Å². The quantitative estimate of drug-likeness (QED) is 0.665. The molecule has 3 aromatic rings. The molecule has 5 heterocycles. The molecule has 0 N–H and O–H groups in total. The van der Waals surface area contributed by atoms with Crippen LogP contribution in [0.3, 0.4) is 0 Å². The number of rotatable bonds is 4. The second-order valence-electron chi connectivity index (χ2n) is 7.58. The molecule has 0 amide bonds. The lowest BCUT2D eigenvalue weighted by Crippen LogP contribution is -2.36. The fraction of sp³-hybridized carbons (Fsp3) is 0.579. The van der Waals surface area contributed by atoms with E-state index in [-0.39, 0.29) is 0 Å². The molecule has 8 nitrogen and oxygen atoms in total. The number of anilines is 1. The van der Waals surface area contributed by atoms with Crippen LogP contribution in [0.5, 0.6) is 0 Å². The maximum Gasteiger partial charge on any atom is 0.252 e. The second kappa shape index (κ2) is 7.73. The summed E-state index contributed by atoms with van der Waals surface area (Å²) < 4.78 is 7.35. The summed E-state index contributed by atoms with van der Waals surface area (Å²) >= 11 is 1.82. The lowest BCUT2D eigenvalue weighted by atomic mass is 9.94. The summed E-state index contributed by atoms with van der Waals surface area (Å²) in [5.74, 6) is 1.15. The van der Waals surface area contributed by atoms with Crippen LogP contribution in [0.4, 0.5) is 5.13 Å². The Morgan fingerprint density at radius 3 is 3.00 bits per heavy atom. The molecule has 0 aliphatic carbocycles. The first kappa shape index (κ1) is 18.0. The van der Waals surface area contributed by atoms with Gasteiger partial charge in [-0.2, -0.15) is 10.1 Å². The predicted molar refractivity (Wildman–Crippen MR) is 108 cm³/mol. The molecule has 1 unspecified atom stereocenters. The highest BCUT2D eigenvalue weighted by Gasteiger charge is 2.25. The average Bonchev–Trinajstić information content (AvgIpc) is 3.38. The van der Waals surface area contributed by atoms with Gasteiger partial charge in [-0.25, -0.2) is 14.5 Å². The Labute approximate surface area is 168 Å². The van der Waals surface area contributed by atoms with E-state index in [2.05, 4.69) is 35.9 Å². The molecule has 28 heavy (non-hydrogen) atoms. The number of fused-ring (bicyclic) bond motifs is 1. The summed E-state index contributed by atoms with van der Waals surface area (Å²) in [5, 5.41) is 5.53. The third kappa shape index (κ3) is 3.61. The fourth-order valence-corrected chi connectivity index (χ4v) is 5.19. The molecule has 2 aliphatic heterocycles. The Morgan fingerprint density at radius 2 is 2.11 bits per heavy atom. The molecule has 0 saturated carbocycles. The third-order valence-electron chi connectivity index (χ3n) is 5.53. The maximum atomic E-state index is 5.45. The Balaban J connectivity index is 1.29. The topological polar surface area (TPSA) is 71.7 Å². The minimum Gasteiger partial charge on any atom is -0.378 e. The zero-order valence-corrected chi connectivity index (χ0v) is 16.9. The van der Waals surface area contributed by atoms with E-state index in [4.69, 9.17) is 4.74 Å². The van der Waals surface area contributed by atoms with Gasteiger partial charge < -0.3 is 9.64 Å². The van der Waals surface area contributed by atoms with Crippen molar-refractivity contribution in [2.45, 2.75) is 32.2 Å². The van der Waals surface area contributed by atoms with Crippen LogP contribution in [0.25, 0.3) is 5.78 Å². The van der Waals surface area contributed by atoms with Crippen LogP contribution in [0.2, 0.25) is 0 Å². The zero-order chi connectivity index (χ0) is 18.9. The molecule has 0 aromatic carbocycles. The number of morpholine rings is 1. The largest absolute Gasteiger partial charge is 0.378 e. The standard InChI is InChI=1S/C19H25N7OS/c1-14-9-17(26-18(23-14)21-13-22-26)15-3-2-4-24(11-15)12-16-10-20-19(28-16)25-5-7-27-8-6-25/h9-10,13,15H,2-8,11-12H2,1H3. The van der Waals surface area contributed by atoms with Gasteiger partial charge in [0.25, 0.3) is 5.78 Å². The Bertz CT molecular complexity index is 949. The van der Waals surface area contributed by atoms with Crippen LogP contribution in [0.15, 0.2) is 18.6 Å². The Morgan fingerprint density at radius 1 is 1.21 bits per heavy atom. The lowest BCUT2D eigenvalue weighted by Gasteiger charge is -2.32. The first-order valence-corrected chi connectivity index (χ1v) is 10.7. The van der Waals surface area contributed by atoms with Crippen molar-refractivity contribution >= 4 is 22.2 Å². The van der Waals surface area contributed by atoms with Crippen molar-refractivity contribution in [3.63, 3.8) is 0 Å². The van der Waals surface area contributed by atoms with Gasteiger partial charge in [-0.3, -0.25) is 4.90 Å².